The first-order chi connectivity index (χ1) is 37.5. The van der Waals surface area contributed by atoms with Crippen LogP contribution in [0.4, 0.5) is 13.2 Å². The molecule has 0 radical (unpaired) electrons. The molecule has 0 fully saturated rings. The molecule has 2 heterocycles. The molecule has 0 amide bonds. The van der Waals surface area contributed by atoms with Gasteiger partial charge in [0.15, 0.2) is 34.5 Å². The number of ketones is 1. The molecule has 2 aliphatic rings. The van der Waals surface area contributed by atoms with Crippen molar-refractivity contribution in [3.63, 3.8) is 0 Å². The standard InChI is InChI=1S/C30H33F3O8SSi.C29H34O6Si/c1-29(2,3)43(21-13-9-7-10-14-21,22-15-11-8-12-16-22)41-20-17-24(40-42(34,35)30(31,32)33)23-18-25(36-4)27(37-5)28(38-6)26(23)39-19-20;1-29(2,3)36(21-13-9-7-10-14-21,22-15-11-8-12-16-22)35-20-17-24(30)23-18-25(31-4)27(32-5)28(33-6)26(23)34-19-20/h7-18,20H,19H2,1-6H3;7-16,18,20H,17,19H2,1-6H3/t2*20-/m11/s1. The topological polar surface area (TPSA) is 153 Å². The smallest absolute Gasteiger partial charge is 0.493 e. The van der Waals surface area contributed by atoms with E-state index >= 15 is 0 Å². The number of Topliss-reactive ketones (excluding diaryl/α,β-unsaturated/α-hetero) is 1. The Bertz CT molecular complexity index is 3130. The van der Waals surface area contributed by atoms with Crippen LogP contribution in [0.5, 0.6) is 46.0 Å². The lowest BCUT2D eigenvalue weighted by molar-refractivity contribution is -0.0509. The molecule has 0 N–H and O–H groups in total. The minimum absolute atomic E-state index is 0.0261. The number of benzene rings is 6. The third-order valence-corrected chi connectivity index (χ3v) is 24.8. The van der Waals surface area contributed by atoms with Crippen molar-refractivity contribution >= 4 is 59.0 Å². The van der Waals surface area contributed by atoms with Gasteiger partial charge in [0.25, 0.3) is 16.6 Å². The molecule has 0 saturated carbocycles. The summed E-state index contributed by atoms with van der Waals surface area (Å²) in [4.78, 5) is 13.6. The van der Waals surface area contributed by atoms with Crippen LogP contribution >= 0.6 is 0 Å². The van der Waals surface area contributed by atoms with Gasteiger partial charge in [0, 0.05) is 6.42 Å². The maximum atomic E-state index is 13.6. The van der Waals surface area contributed by atoms with Crippen LogP contribution in [0.15, 0.2) is 140 Å². The van der Waals surface area contributed by atoms with Gasteiger partial charge in [-0.2, -0.15) is 21.6 Å². The van der Waals surface area contributed by atoms with Crippen LogP contribution in [0.25, 0.3) is 5.76 Å². The summed E-state index contributed by atoms with van der Waals surface area (Å²) in [5.74, 6) is 0.755. The summed E-state index contributed by atoms with van der Waals surface area (Å²) in [5, 5.41) is 3.37. The van der Waals surface area contributed by atoms with Gasteiger partial charge in [-0.3, -0.25) is 4.79 Å². The fourth-order valence-electron chi connectivity index (χ4n) is 10.2. The minimum atomic E-state index is -6.09. The average Bonchev–Trinajstić information content (AvgIpc) is 3.83. The van der Waals surface area contributed by atoms with Gasteiger partial charge in [-0.25, -0.2) is 0 Å². The van der Waals surface area contributed by atoms with Crippen LogP contribution in [0.2, 0.25) is 10.1 Å². The van der Waals surface area contributed by atoms with Gasteiger partial charge in [-0.1, -0.05) is 163 Å². The minimum Gasteiger partial charge on any atom is -0.493 e. The molecule has 14 nitrogen and oxygen atoms in total. The number of alkyl halides is 3. The molecule has 79 heavy (non-hydrogen) atoms. The summed E-state index contributed by atoms with van der Waals surface area (Å²) in [6, 6.07) is 42.8. The molecule has 0 unspecified atom stereocenters. The number of carbonyl (C=O) groups excluding carboxylic acids is 1. The van der Waals surface area contributed by atoms with E-state index in [-0.39, 0.29) is 59.0 Å². The molecule has 20 heteroatoms. The van der Waals surface area contributed by atoms with E-state index in [4.69, 9.17) is 50.9 Å². The largest absolute Gasteiger partial charge is 0.534 e. The van der Waals surface area contributed by atoms with Crippen molar-refractivity contribution < 1.29 is 77.3 Å². The second-order valence-corrected chi connectivity index (χ2v) is 30.6. The van der Waals surface area contributed by atoms with Gasteiger partial charge in [0.1, 0.15) is 19.3 Å². The number of hydrogen-bond donors (Lipinski definition) is 0. The molecular weight excluding hydrogens is 1080 g/mol. The van der Waals surface area contributed by atoms with Crippen LogP contribution in [-0.4, -0.2) is 104 Å². The molecule has 0 aliphatic carbocycles. The number of rotatable bonds is 16. The Hall–Kier alpha value is -6.98. The van der Waals surface area contributed by atoms with E-state index < -0.39 is 55.3 Å². The van der Waals surface area contributed by atoms with Crippen LogP contribution < -0.4 is 58.6 Å². The van der Waals surface area contributed by atoms with E-state index in [1.54, 1.807) is 6.07 Å². The Kier molecular flexibility index (Phi) is 18.3. The summed E-state index contributed by atoms with van der Waals surface area (Å²) in [7, 11) is -3.69. The number of halogens is 3. The van der Waals surface area contributed by atoms with E-state index in [0.29, 0.717) is 28.6 Å². The summed E-state index contributed by atoms with van der Waals surface area (Å²) in [6.07, 6.45) is -0.160. The lowest BCUT2D eigenvalue weighted by atomic mass is 10.0. The Balaban J connectivity index is 0.000000232. The number of carbonyl (C=O) groups is 1. The monoisotopic (exact) mass is 1140 g/mol. The van der Waals surface area contributed by atoms with Crippen molar-refractivity contribution in [1.82, 2.24) is 0 Å². The maximum Gasteiger partial charge on any atom is 0.534 e. The number of fused-ring (bicyclic) bond motifs is 2. The van der Waals surface area contributed by atoms with Crippen LogP contribution in [0.3, 0.4) is 0 Å². The average molecular weight is 1150 g/mol. The SMILES string of the molecule is COc1cc2c(c(OC)c1OC)OC[C@H](O[Si](c1ccccc1)(c1ccccc1)C(C)(C)C)C=C2OS(=O)(=O)C(F)(F)F.COc1cc2c(c(OC)c1OC)OC[C@H](O[Si](c1ccccc1)(c1ccccc1)C(C)(C)C)CC2=O. The predicted octanol–water partition coefficient (Wildman–Crippen LogP) is 9.88. The predicted molar refractivity (Wildman–Crippen MR) is 301 cm³/mol. The molecule has 6 aromatic carbocycles. The van der Waals surface area contributed by atoms with E-state index in [9.17, 15) is 26.4 Å². The van der Waals surface area contributed by atoms with Crippen LogP contribution in [0.1, 0.15) is 63.9 Å². The van der Waals surface area contributed by atoms with Gasteiger partial charge < -0.3 is 50.9 Å². The molecule has 0 spiro atoms. The fraction of sp³-hybridized carbons (Fsp3) is 0.339. The summed E-state index contributed by atoms with van der Waals surface area (Å²) >= 11 is 0. The highest BCUT2D eigenvalue weighted by molar-refractivity contribution is 7.87. The molecule has 0 bridgehead atoms. The maximum absolute atomic E-state index is 13.6. The van der Waals surface area contributed by atoms with Gasteiger partial charge in [-0.05, 0) is 49.0 Å². The molecule has 6 aromatic rings. The lowest BCUT2D eigenvalue weighted by Gasteiger charge is -2.44. The Morgan fingerprint density at radius 1 is 0.506 bits per heavy atom. The van der Waals surface area contributed by atoms with Gasteiger partial charge in [-0.15, -0.1) is 0 Å². The van der Waals surface area contributed by atoms with E-state index in [0.717, 1.165) is 20.7 Å². The second kappa shape index (κ2) is 24.2. The number of ether oxygens (including phenoxy) is 8. The van der Waals surface area contributed by atoms with Crippen LogP contribution in [-0.2, 0) is 23.2 Å². The molecule has 0 aromatic heterocycles. The van der Waals surface area contributed by atoms with Crippen molar-refractivity contribution in [2.24, 2.45) is 0 Å². The third-order valence-electron chi connectivity index (χ3n) is 13.7. The summed E-state index contributed by atoms with van der Waals surface area (Å²) in [5.41, 5.74) is -5.45. The van der Waals surface area contributed by atoms with Crippen molar-refractivity contribution in [1.29, 1.82) is 0 Å². The molecule has 422 valence electrons. The van der Waals surface area contributed by atoms with Gasteiger partial charge >= 0.3 is 15.6 Å². The van der Waals surface area contributed by atoms with Crippen molar-refractivity contribution in [3.05, 3.63) is 151 Å². The molecule has 2 atom stereocenters. The fourth-order valence-corrected chi connectivity index (χ4v) is 19.9. The first-order valence-electron chi connectivity index (χ1n) is 25.2. The molecule has 8 rings (SSSR count). The molecule has 0 saturated heterocycles. The Labute approximate surface area is 462 Å². The Morgan fingerprint density at radius 3 is 1.24 bits per heavy atom. The third kappa shape index (κ3) is 11.8. The molecule has 2 aliphatic heterocycles. The van der Waals surface area contributed by atoms with Crippen molar-refractivity contribution in [3.8, 4) is 46.0 Å². The zero-order valence-corrected chi connectivity index (χ0v) is 49.1. The van der Waals surface area contributed by atoms with E-state index in [1.807, 2.05) is 118 Å². The number of hydrogen-bond acceptors (Lipinski definition) is 14. The first kappa shape index (κ1) is 59.7. The highest BCUT2D eigenvalue weighted by atomic mass is 32.2. The quantitative estimate of drug-likeness (QED) is 0.0513. The second-order valence-electron chi connectivity index (χ2n) is 20.5. The zero-order valence-electron chi connectivity index (χ0n) is 46.3. The molecular formula is C59H67F3O14SSi2. The Morgan fingerprint density at radius 2 is 0.873 bits per heavy atom. The van der Waals surface area contributed by atoms with Crippen molar-refractivity contribution in [2.45, 2.75) is 75.8 Å². The summed E-state index contributed by atoms with van der Waals surface area (Å²) < 4.78 is 130. The van der Waals surface area contributed by atoms with E-state index in [2.05, 4.69) is 45.0 Å². The van der Waals surface area contributed by atoms with Crippen molar-refractivity contribution in [2.75, 3.05) is 55.9 Å². The number of methoxy groups -OCH3 is 6. The normalized spacial score (nSPS) is 15.9. The lowest BCUT2D eigenvalue weighted by Crippen LogP contribution is -2.68. The first-order valence-corrected chi connectivity index (χ1v) is 30.4. The highest BCUT2D eigenvalue weighted by Gasteiger charge is 2.54. The van der Waals surface area contributed by atoms with Gasteiger partial charge in [0.05, 0.1) is 59.9 Å². The van der Waals surface area contributed by atoms with Crippen LogP contribution in [0, 0.1) is 0 Å². The summed E-state index contributed by atoms with van der Waals surface area (Å²) in [6.45, 7) is 12.7. The van der Waals surface area contributed by atoms with Gasteiger partial charge in [0.2, 0.25) is 23.0 Å². The zero-order chi connectivity index (χ0) is 57.6. The van der Waals surface area contributed by atoms with E-state index in [1.165, 1.54) is 54.8 Å². The highest BCUT2D eigenvalue weighted by Crippen LogP contribution is 2.52.